The summed E-state index contributed by atoms with van der Waals surface area (Å²) in [5.41, 5.74) is 1.82. The molecule has 0 fully saturated rings. The first-order chi connectivity index (χ1) is 10.8. The van der Waals surface area contributed by atoms with Crippen molar-refractivity contribution in [2.24, 2.45) is 0 Å². The predicted octanol–water partition coefficient (Wildman–Crippen LogP) is 4.41. The number of carbonyl (C=O) groups is 1. The van der Waals surface area contributed by atoms with Gasteiger partial charge in [0, 0.05) is 11.2 Å². The molecule has 1 aliphatic heterocycles. The van der Waals surface area contributed by atoms with Crippen LogP contribution in [0.25, 0.3) is 0 Å². The predicted molar refractivity (Wildman–Crippen MR) is 85.4 cm³/mol. The lowest BCUT2D eigenvalue weighted by Gasteiger charge is -2.47. The number of rotatable bonds is 3. The molecule has 4 nitrogen and oxygen atoms in total. The fourth-order valence-electron chi connectivity index (χ4n) is 3.49. The van der Waals surface area contributed by atoms with E-state index in [0.29, 0.717) is 12.3 Å². The highest BCUT2D eigenvalue weighted by molar-refractivity contribution is 5.84. The Morgan fingerprint density at radius 2 is 2.13 bits per heavy atom. The minimum absolute atomic E-state index is 0.0671. The average Bonchev–Trinajstić information content (AvgIpc) is 2.92. The molecule has 0 radical (unpaired) electrons. The van der Waals surface area contributed by atoms with E-state index in [-0.39, 0.29) is 23.0 Å². The van der Waals surface area contributed by atoms with Gasteiger partial charge < -0.3 is 14.4 Å². The van der Waals surface area contributed by atoms with Gasteiger partial charge in [0.1, 0.15) is 11.6 Å². The molecule has 0 spiro atoms. The number of halogens is 1. The minimum Gasteiger partial charge on any atom is -0.475 e. The van der Waals surface area contributed by atoms with Crippen LogP contribution in [0.4, 0.5) is 10.1 Å². The van der Waals surface area contributed by atoms with Crippen molar-refractivity contribution >= 4 is 11.7 Å². The topological polar surface area (TPSA) is 53.7 Å². The van der Waals surface area contributed by atoms with Crippen LogP contribution in [0.1, 0.15) is 55.0 Å². The molecule has 0 saturated carbocycles. The van der Waals surface area contributed by atoms with Crippen LogP contribution in [-0.2, 0) is 6.54 Å². The molecule has 0 aliphatic carbocycles. The Bertz CT molecular complexity index is 750. The van der Waals surface area contributed by atoms with E-state index < -0.39 is 5.97 Å². The van der Waals surface area contributed by atoms with Gasteiger partial charge in [0.05, 0.1) is 6.54 Å². The summed E-state index contributed by atoms with van der Waals surface area (Å²) in [5, 5.41) is 8.98. The molecular weight excluding hydrogens is 297 g/mol. The molecule has 1 aromatic carbocycles. The highest BCUT2D eigenvalue weighted by Crippen LogP contribution is 2.44. The zero-order valence-electron chi connectivity index (χ0n) is 13.5. The number of carboxylic acid groups (broad SMARTS) is 1. The van der Waals surface area contributed by atoms with Gasteiger partial charge in [-0.15, -0.1) is 0 Å². The molecule has 0 bridgehead atoms. The molecule has 1 aliphatic rings. The van der Waals surface area contributed by atoms with E-state index in [1.807, 2.05) is 0 Å². The lowest BCUT2D eigenvalue weighted by atomic mass is 9.80. The van der Waals surface area contributed by atoms with E-state index in [1.54, 1.807) is 18.2 Å². The number of hydrogen-bond donors (Lipinski definition) is 1. The molecular formula is C18H20FNO3. The molecule has 1 N–H and O–H groups in total. The van der Waals surface area contributed by atoms with Crippen molar-refractivity contribution in [2.75, 3.05) is 4.90 Å². The summed E-state index contributed by atoms with van der Waals surface area (Å²) in [6, 6.07) is 7.99. The number of anilines is 1. The van der Waals surface area contributed by atoms with E-state index >= 15 is 0 Å². The molecule has 5 heteroatoms. The Balaban J connectivity index is 1.99. The van der Waals surface area contributed by atoms with Crippen LogP contribution < -0.4 is 4.90 Å². The van der Waals surface area contributed by atoms with Gasteiger partial charge in [-0.2, -0.15) is 0 Å². The second-order valence-corrected chi connectivity index (χ2v) is 6.78. The Hall–Kier alpha value is -2.30. The van der Waals surface area contributed by atoms with Crippen molar-refractivity contribution < 1.29 is 18.7 Å². The maximum absolute atomic E-state index is 13.6. The van der Waals surface area contributed by atoms with Crippen LogP contribution in [0.3, 0.4) is 0 Å². The molecule has 0 amide bonds. The van der Waals surface area contributed by atoms with Gasteiger partial charge in [0.15, 0.2) is 0 Å². The first kappa shape index (κ1) is 15.6. The average molecular weight is 317 g/mol. The molecule has 1 aromatic heterocycles. The Morgan fingerprint density at radius 3 is 2.78 bits per heavy atom. The number of hydrogen-bond acceptors (Lipinski definition) is 3. The fourth-order valence-corrected chi connectivity index (χ4v) is 3.49. The van der Waals surface area contributed by atoms with Crippen molar-refractivity contribution in [3.8, 4) is 0 Å². The molecule has 23 heavy (non-hydrogen) atoms. The summed E-state index contributed by atoms with van der Waals surface area (Å²) < 4.78 is 19.0. The standard InChI is InChI=1S/C18H20FNO3/c1-11-9-18(2,3)20(15-6-4-12(19)8-14(11)15)10-13-5-7-16(23-13)17(21)22/h4-8,11H,9-10H2,1-3H3,(H,21,22)/t11-/m0/s1. The van der Waals surface area contributed by atoms with Gasteiger partial charge in [-0.05, 0) is 62.1 Å². The van der Waals surface area contributed by atoms with Crippen molar-refractivity contribution in [1.82, 2.24) is 0 Å². The Labute approximate surface area is 134 Å². The second-order valence-electron chi connectivity index (χ2n) is 6.78. The normalized spacial score (nSPS) is 19.5. The Morgan fingerprint density at radius 1 is 1.39 bits per heavy atom. The summed E-state index contributed by atoms with van der Waals surface area (Å²) in [5.74, 6) is -0.535. The van der Waals surface area contributed by atoms with Gasteiger partial charge in [-0.25, -0.2) is 9.18 Å². The molecule has 3 rings (SSSR count). The van der Waals surface area contributed by atoms with E-state index in [2.05, 4.69) is 25.7 Å². The van der Waals surface area contributed by atoms with E-state index in [0.717, 1.165) is 17.7 Å². The van der Waals surface area contributed by atoms with E-state index in [1.165, 1.54) is 12.1 Å². The molecule has 0 saturated heterocycles. The first-order valence-electron chi connectivity index (χ1n) is 7.67. The third-order valence-corrected chi connectivity index (χ3v) is 4.53. The third-order valence-electron chi connectivity index (χ3n) is 4.53. The highest BCUT2D eigenvalue weighted by atomic mass is 19.1. The number of nitrogens with zero attached hydrogens (tertiary/aromatic N) is 1. The fraction of sp³-hybridized carbons (Fsp3) is 0.389. The summed E-state index contributed by atoms with van der Waals surface area (Å²) in [4.78, 5) is 13.1. The Kier molecular flexibility index (Phi) is 3.66. The number of benzene rings is 1. The number of furan rings is 1. The van der Waals surface area contributed by atoms with Crippen LogP contribution >= 0.6 is 0 Å². The van der Waals surface area contributed by atoms with Crippen LogP contribution in [0, 0.1) is 5.82 Å². The molecule has 2 heterocycles. The van der Waals surface area contributed by atoms with Crippen LogP contribution in [0.15, 0.2) is 34.7 Å². The van der Waals surface area contributed by atoms with Crippen LogP contribution in [0.5, 0.6) is 0 Å². The van der Waals surface area contributed by atoms with Gasteiger partial charge in [0.25, 0.3) is 0 Å². The quantitative estimate of drug-likeness (QED) is 0.911. The monoisotopic (exact) mass is 317 g/mol. The zero-order chi connectivity index (χ0) is 16.8. The lowest BCUT2D eigenvalue weighted by molar-refractivity contribution is 0.0660. The van der Waals surface area contributed by atoms with Gasteiger partial charge in [-0.1, -0.05) is 6.92 Å². The number of carboxylic acids is 1. The minimum atomic E-state index is -1.08. The largest absolute Gasteiger partial charge is 0.475 e. The van der Waals surface area contributed by atoms with Crippen molar-refractivity contribution in [3.63, 3.8) is 0 Å². The smallest absolute Gasteiger partial charge is 0.371 e. The van der Waals surface area contributed by atoms with Crippen LogP contribution in [0.2, 0.25) is 0 Å². The van der Waals surface area contributed by atoms with Gasteiger partial charge in [-0.3, -0.25) is 0 Å². The number of aromatic carboxylic acids is 1. The third kappa shape index (κ3) is 2.83. The number of fused-ring (bicyclic) bond motifs is 1. The van der Waals surface area contributed by atoms with E-state index in [4.69, 9.17) is 9.52 Å². The summed E-state index contributed by atoms with van der Waals surface area (Å²) in [6.07, 6.45) is 0.885. The molecule has 2 aromatic rings. The first-order valence-corrected chi connectivity index (χ1v) is 7.67. The van der Waals surface area contributed by atoms with Crippen molar-refractivity contribution in [1.29, 1.82) is 0 Å². The maximum Gasteiger partial charge on any atom is 0.371 e. The molecule has 122 valence electrons. The van der Waals surface area contributed by atoms with Gasteiger partial charge in [0.2, 0.25) is 5.76 Å². The highest BCUT2D eigenvalue weighted by Gasteiger charge is 2.37. The summed E-state index contributed by atoms with van der Waals surface area (Å²) >= 11 is 0. The summed E-state index contributed by atoms with van der Waals surface area (Å²) in [7, 11) is 0. The lowest BCUT2D eigenvalue weighted by Crippen LogP contribution is -2.47. The van der Waals surface area contributed by atoms with Crippen molar-refractivity contribution in [2.45, 2.75) is 45.2 Å². The second kappa shape index (κ2) is 5.41. The van der Waals surface area contributed by atoms with Gasteiger partial charge >= 0.3 is 5.97 Å². The zero-order valence-corrected chi connectivity index (χ0v) is 13.5. The molecule has 0 unspecified atom stereocenters. The van der Waals surface area contributed by atoms with Crippen LogP contribution in [-0.4, -0.2) is 16.6 Å². The maximum atomic E-state index is 13.6. The SMILES string of the molecule is C[C@H]1CC(C)(C)N(Cc2ccc(C(=O)O)o2)c2ccc(F)cc21. The summed E-state index contributed by atoms with van der Waals surface area (Å²) in [6.45, 7) is 6.83. The molecule has 1 atom stereocenters. The van der Waals surface area contributed by atoms with Crippen molar-refractivity contribution in [3.05, 3.63) is 53.2 Å². The van der Waals surface area contributed by atoms with E-state index in [9.17, 15) is 9.18 Å².